The van der Waals surface area contributed by atoms with Gasteiger partial charge in [-0.2, -0.15) is 0 Å². The number of amides is 1. The molecule has 0 heterocycles. The Morgan fingerprint density at radius 3 is 2.69 bits per heavy atom. The van der Waals surface area contributed by atoms with E-state index < -0.39 is 0 Å². The fourth-order valence-corrected chi connectivity index (χ4v) is 1.82. The molecule has 2 unspecified atom stereocenters. The van der Waals surface area contributed by atoms with Crippen LogP contribution < -0.4 is 5.32 Å². The summed E-state index contributed by atoms with van der Waals surface area (Å²) in [4.78, 5) is 11.4. The van der Waals surface area contributed by atoms with Gasteiger partial charge in [0.15, 0.2) is 0 Å². The zero-order valence-electron chi connectivity index (χ0n) is 9.18. The molecule has 0 aromatic rings. The van der Waals surface area contributed by atoms with E-state index in [4.69, 9.17) is 0 Å². The van der Waals surface area contributed by atoms with E-state index in [1.807, 2.05) is 13.8 Å². The maximum Gasteiger partial charge on any atom is 0.222 e. The standard InChI is InChI=1S/C11H21NO/c1-5-6-11(4)7-9(11)12-10(13)8(2)3/h8-9H,5-7H2,1-4H3,(H,12,13). The van der Waals surface area contributed by atoms with E-state index in [1.165, 1.54) is 19.3 Å². The fraction of sp³-hybridized carbons (Fsp3) is 0.909. The summed E-state index contributed by atoms with van der Waals surface area (Å²) in [6.45, 7) is 8.34. The third kappa shape index (κ3) is 2.45. The van der Waals surface area contributed by atoms with Crippen molar-refractivity contribution in [3.05, 3.63) is 0 Å². The van der Waals surface area contributed by atoms with E-state index >= 15 is 0 Å². The molecule has 0 bridgehead atoms. The second-order valence-electron chi connectivity index (χ2n) is 4.82. The fourth-order valence-electron chi connectivity index (χ4n) is 1.82. The highest BCUT2D eigenvalue weighted by Gasteiger charge is 2.49. The first-order valence-corrected chi connectivity index (χ1v) is 5.30. The summed E-state index contributed by atoms with van der Waals surface area (Å²) >= 11 is 0. The van der Waals surface area contributed by atoms with Crippen molar-refractivity contribution in [2.75, 3.05) is 0 Å². The summed E-state index contributed by atoms with van der Waals surface area (Å²) in [5, 5.41) is 3.09. The average Bonchev–Trinajstić information content (AvgIpc) is 2.61. The number of nitrogens with one attached hydrogen (secondary N) is 1. The zero-order valence-corrected chi connectivity index (χ0v) is 9.18. The second kappa shape index (κ2) is 3.69. The van der Waals surface area contributed by atoms with Gasteiger partial charge in [-0.3, -0.25) is 4.79 Å². The Bertz CT molecular complexity index is 200. The lowest BCUT2D eigenvalue weighted by Crippen LogP contribution is -2.32. The van der Waals surface area contributed by atoms with Gasteiger partial charge in [0.05, 0.1) is 0 Å². The number of carbonyl (C=O) groups excluding carboxylic acids is 1. The van der Waals surface area contributed by atoms with Crippen molar-refractivity contribution in [3.63, 3.8) is 0 Å². The lowest BCUT2D eigenvalue weighted by atomic mass is 10.0. The second-order valence-corrected chi connectivity index (χ2v) is 4.82. The number of rotatable bonds is 4. The minimum Gasteiger partial charge on any atom is -0.353 e. The predicted octanol–water partition coefficient (Wildman–Crippen LogP) is 2.34. The third-order valence-electron chi connectivity index (χ3n) is 3.01. The molecule has 13 heavy (non-hydrogen) atoms. The predicted molar refractivity (Wildman–Crippen MR) is 54.4 cm³/mol. The van der Waals surface area contributed by atoms with Gasteiger partial charge >= 0.3 is 0 Å². The molecular weight excluding hydrogens is 162 g/mol. The maximum atomic E-state index is 11.4. The Morgan fingerprint density at radius 2 is 2.23 bits per heavy atom. The summed E-state index contributed by atoms with van der Waals surface area (Å²) in [5.74, 6) is 0.316. The molecule has 76 valence electrons. The van der Waals surface area contributed by atoms with Crippen molar-refractivity contribution < 1.29 is 4.79 Å². The molecule has 1 aliphatic rings. The molecule has 1 saturated carbocycles. The summed E-state index contributed by atoms with van der Waals surface area (Å²) in [6, 6.07) is 0.447. The molecule has 2 heteroatoms. The molecule has 2 nitrogen and oxygen atoms in total. The molecule has 1 aliphatic carbocycles. The first-order valence-electron chi connectivity index (χ1n) is 5.30. The quantitative estimate of drug-likeness (QED) is 0.712. The molecule has 0 aliphatic heterocycles. The van der Waals surface area contributed by atoms with Crippen molar-refractivity contribution in [1.82, 2.24) is 5.32 Å². The molecule has 2 atom stereocenters. The highest BCUT2D eigenvalue weighted by molar-refractivity contribution is 5.78. The summed E-state index contributed by atoms with van der Waals surface area (Å²) in [7, 11) is 0. The van der Waals surface area contributed by atoms with Crippen LogP contribution >= 0.6 is 0 Å². The molecule has 0 aromatic heterocycles. The largest absolute Gasteiger partial charge is 0.353 e. The van der Waals surface area contributed by atoms with Crippen molar-refractivity contribution in [2.24, 2.45) is 11.3 Å². The minimum absolute atomic E-state index is 0.117. The summed E-state index contributed by atoms with van der Waals surface area (Å²) in [5.41, 5.74) is 0.402. The number of hydrogen-bond acceptors (Lipinski definition) is 1. The molecule has 0 saturated heterocycles. The van der Waals surface area contributed by atoms with Crippen molar-refractivity contribution in [1.29, 1.82) is 0 Å². The van der Waals surface area contributed by atoms with Crippen molar-refractivity contribution >= 4 is 5.91 Å². The smallest absolute Gasteiger partial charge is 0.222 e. The van der Waals surface area contributed by atoms with Gasteiger partial charge in [-0.05, 0) is 18.3 Å². The molecule has 0 spiro atoms. The van der Waals surface area contributed by atoms with Gasteiger partial charge in [-0.25, -0.2) is 0 Å². The van der Waals surface area contributed by atoms with Gasteiger partial charge in [-0.1, -0.05) is 34.1 Å². The number of hydrogen-bond donors (Lipinski definition) is 1. The monoisotopic (exact) mass is 183 g/mol. The Hall–Kier alpha value is -0.530. The van der Waals surface area contributed by atoms with Crippen LogP contribution in [-0.2, 0) is 4.79 Å². The van der Waals surface area contributed by atoms with E-state index in [0.29, 0.717) is 11.5 Å². The van der Waals surface area contributed by atoms with Gasteiger partial charge in [0, 0.05) is 12.0 Å². The van der Waals surface area contributed by atoms with E-state index in [2.05, 4.69) is 19.2 Å². The molecule has 1 fully saturated rings. The lowest BCUT2D eigenvalue weighted by Gasteiger charge is -2.12. The topological polar surface area (TPSA) is 29.1 Å². The average molecular weight is 183 g/mol. The van der Waals surface area contributed by atoms with Crippen LogP contribution in [0, 0.1) is 11.3 Å². The molecule has 1 rings (SSSR count). The molecule has 1 N–H and O–H groups in total. The number of carbonyl (C=O) groups is 1. The Morgan fingerprint density at radius 1 is 1.62 bits per heavy atom. The maximum absolute atomic E-state index is 11.4. The Kier molecular flexibility index (Phi) is 2.99. The van der Waals surface area contributed by atoms with Crippen LogP contribution in [0.5, 0.6) is 0 Å². The van der Waals surface area contributed by atoms with E-state index in [9.17, 15) is 4.79 Å². The van der Waals surface area contributed by atoms with Crippen LogP contribution in [0.2, 0.25) is 0 Å². The first-order chi connectivity index (χ1) is 5.99. The van der Waals surface area contributed by atoms with Crippen LogP contribution in [0.3, 0.4) is 0 Å². The zero-order chi connectivity index (χ0) is 10.1. The summed E-state index contributed by atoms with van der Waals surface area (Å²) < 4.78 is 0. The Balaban J connectivity index is 2.31. The highest BCUT2D eigenvalue weighted by atomic mass is 16.1. The van der Waals surface area contributed by atoms with Gasteiger partial charge < -0.3 is 5.32 Å². The van der Waals surface area contributed by atoms with Crippen LogP contribution in [0.4, 0.5) is 0 Å². The van der Waals surface area contributed by atoms with Gasteiger partial charge in [0.2, 0.25) is 5.91 Å². The van der Waals surface area contributed by atoms with Crippen LogP contribution in [0.15, 0.2) is 0 Å². The van der Waals surface area contributed by atoms with E-state index in [1.54, 1.807) is 0 Å². The molecule has 0 aromatic carbocycles. The van der Waals surface area contributed by atoms with Crippen molar-refractivity contribution in [3.8, 4) is 0 Å². The highest BCUT2D eigenvalue weighted by Crippen LogP contribution is 2.49. The molecule has 0 radical (unpaired) electrons. The van der Waals surface area contributed by atoms with Gasteiger partial charge in [-0.15, -0.1) is 0 Å². The van der Waals surface area contributed by atoms with Gasteiger partial charge in [0.25, 0.3) is 0 Å². The lowest BCUT2D eigenvalue weighted by molar-refractivity contribution is -0.124. The third-order valence-corrected chi connectivity index (χ3v) is 3.01. The van der Waals surface area contributed by atoms with Crippen LogP contribution in [-0.4, -0.2) is 11.9 Å². The first kappa shape index (κ1) is 10.6. The van der Waals surface area contributed by atoms with Crippen molar-refractivity contribution in [2.45, 2.75) is 53.0 Å². The van der Waals surface area contributed by atoms with Crippen LogP contribution in [0.25, 0.3) is 0 Å². The van der Waals surface area contributed by atoms with Crippen LogP contribution in [0.1, 0.15) is 47.0 Å². The Labute approximate surface area is 81.1 Å². The summed E-state index contributed by atoms with van der Waals surface area (Å²) in [6.07, 6.45) is 3.61. The molecule has 1 amide bonds. The van der Waals surface area contributed by atoms with E-state index in [0.717, 1.165) is 0 Å². The molecular formula is C11H21NO. The minimum atomic E-state index is 0.117. The van der Waals surface area contributed by atoms with E-state index in [-0.39, 0.29) is 11.8 Å². The van der Waals surface area contributed by atoms with Gasteiger partial charge in [0.1, 0.15) is 0 Å². The normalized spacial score (nSPS) is 31.9. The SMILES string of the molecule is CCCC1(C)CC1NC(=O)C(C)C.